The van der Waals surface area contributed by atoms with Crippen LogP contribution in [0.15, 0.2) is 59.5 Å². The van der Waals surface area contributed by atoms with Crippen LogP contribution in [0.5, 0.6) is 5.75 Å². The average molecular weight is 300 g/mol. The first-order valence-corrected chi connectivity index (χ1v) is 8.24. The molecule has 3 N–H and O–H groups in total. The van der Waals surface area contributed by atoms with Crippen molar-refractivity contribution in [1.29, 1.82) is 0 Å². The predicted molar refractivity (Wildman–Crippen MR) is 87.3 cm³/mol. The van der Waals surface area contributed by atoms with E-state index in [1.165, 1.54) is 23.3 Å². The summed E-state index contributed by atoms with van der Waals surface area (Å²) in [6, 6.07) is 18.7. The molecule has 1 aliphatic carbocycles. The van der Waals surface area contributed by atoms with Crippen molar-refractivity contribution in [2.75, 3.05) is 5.75 Å². The quantitative estimate of drug-likeness (QED) is 0.466. The van der Waals surface area contributed by atoms with Gasteiger partial charge in [0.2, 0.25) is 0 Å². The lowest BCUT2D eigenvalue weighted by Gasteiger charge is -2.16. The molecule has 0 aliphatic heterocycles. The number of rotatable bonds is 7. The molecule has 3 nitrogen and oxygen atoms in total. The predicted octanol–water partition coefficient (Wildman–Crippen LogP) is 3.52. The normalized spacial score (nSPS) is 15.7. The van der Waals surface area contributed by atoms with E-state index in [1.807, 2.05) is 18.2 Å². The Morgan fingerprint density at radius 2 is 1.81 bits per heavy atom. The van der Waals surface area contributed by atoms with Gasteiger partial charge < -0.3 is 4.74 Å². The SMILES string of the molecule is NNC(CSc1ccccc1)c1ccc(OC2CC2)cc1. The Morgan fingerprint density at radius 1 is 1.10 bits per heavy atom. The second-order valence-corrected chi connectivity index (χ2v) is 6.32. The summed E-state index contributed by atoms with van der Waals surface area (Å²) in [5.41, 5.74) is 4.08. The summed E-state index contributed by atoms with van der Waals surface area (Å²) in [5, 5.41) is 0. The van der Waals surface area contributed by atoms with Crippen LogP contribution >= 0.6 is 11.8 Å². The molecular formula is C17H20N2OS. The third-order valence-corrected chi connectivity index (χ3v) is 4.58. The number of nitrogens with one attached hydrogen (secondary N) is 1. The first-order valence-electron chi connectivity index (χ1n) is 7.26. The molecule has 4 heteroatoms. The second kappa shape index (κ2) is 6.98. The first-order chi connectivity index (χ1) is 10.3. The minimum Gasteiger partial charge on any atom is -0.490 e. The zero-order valence-corrected chi connectivity index (χ0v) is 12.7. The van der Waals surface area contributed by atoms with Crippen molar-refractivity contribution in [3.05, 3.63) is 60.2 Å². The molecule has 1 unspecified atom stereocenters. The van der Waals surface area contributed by atoms with E-state index in [0.717, 1.165) is 11.5 Å². The van der Waals surface area contributed by atoms with Crippen molar-refractivity contribution in [1.82, 2.24) is 5.43 Å². The standard InChI is InChI=1S/C17H20N2OS/c18-19-17(12-21-16-4-2-1-3-5-16)13-6-8-14(9-7-13)20-15-10-11-15/h1-9,15,17,19H,10-12,18H2. The van der Waals surface area contributed by atoms with Gasteiger partial charge in [0.25, 0.3) is 0 Å². The molecule has 2 aromatic rings. The molecule has 2 aromatic carbocycles. The van der Waals surface area contributed by atoms with Crippen LogP contribution in [0.1, 0.15) is 24.4 Å². The Kier molecular flexibility index (Phi) is 4.80. The molecule has 0 spiro atoms. The van der Waals surface area contributed by atoms with Crippen molar-refractivity contribution < 1.29 is 4.74 Å². The highest BCUT2D eigenvalue weighted by molar-refractivity contribution is 7.99. The number of thioether (sulfide) groups is 1. The molecule has 0 heterocycles. The van der Waals surface area contributed by atoms with Gasteiger partial charge in [0.1, 0.15) is 5.75 Å². The lowest BCUT2D eigenvalue weighted by Crippen LogP contribution is -2.29. The monoisotopic (exact) mass is 300 g/mol. The minimum absolute atomic E-state index is 0.130. The van der Waals surface area contributed by atoms with Gasteiger partial charge in [0.05, 0.1) is 12.1 Å². The van der Waals surface area contributed by atoms with E-state index in [2.05, 4.69) is 41.8 Å². The third-order valence-electron chi connectivity index (χ3n) is 3.47. The maximum atomic E-state index is 5.77. The van der Waals surface area contributed by atoms with Gasteiger partial charge in [-0.05, 0) is 42.7 Å². The zero-order valence-electron chi connectivity index (χ0n) is 11.9. The van der Waals surface area contributed by atoms with E-state index in [-0.39, 0.29) is 6.04 Å². The zero-order chi connectivity index (χ0) is 14.5. The number of benzene rings is 2. The number of hydrazine groups is 1. The van der Waals surface area contributed by atoms with Crippen molar-refractivity contribution in [2.45, 2.75) is 29.9 Å². The number of nitrogens with two attached hydrogens (primary N) is 1. The molecule has 0 bridgehead atoms. The maximum Gasteiger partial charge on any atom is 0.119 e. The Balaban J connectivity index is 1.59. The third kappa shape index (κ3) is 4.24. The highest BCUT2D eigenvalue weighted by atomic mass is 32.2. The van der Waals surface area contributed by atoms with E-state index in [4.69, 9.17) is 10.6 Å². The number of ether oxygens (including phenoxy) is 1. The first kappa shape index (κ1) is 14.4. The van der Waals surface area contributed by atoms with Crippen molar-refractivity contribution in [3.8, 4) is 5.75 Å². The summed E-state index contributed by atoms with van der Waals surface area (Å²) < 4.78 is 5.77. The molecule has 0 saturated heterocycles. The van der Waals surface area contributed by atoms with Gasteiger partial charge in [-0.25, -0.2) is 0 Å². The van der Waals surface area contributed by atoms with Crippen LogP contribution in [0.25, 0.3) is 0 Å². The topological polar surface area (TPSA) is 47.3 Å². The van der Waals surface area contributed by atoms with E-state index >= 15 is 0 Å². The van der Waals surface area contributed by atoms with Crippen LogP contribution in [-0.2, 0) is 0 Å². The van der Waals surface area contributed by atoms with Crippen LogP contribution in [0.2, 0.25) is 0 Å². The van der Waals surface area contributed by atoms with Gasteiger partial charge in [-0.2, -0.15) is 0 Å². The summed E-state index contributed by atoms with van der Waals surface area (Å²) >= 11 is 1.80. The summed E-state index contributed by atoms with van der Waals surface area (Å²) in [6.45, 7) is 0. The maximum absolute atomic E-state index is 5.77. The van der Waals surface area contributed by atoms with E-state index in [1.54, 1.807) is 11.8 Å². The molecule has 21 heavy (non-hydrogen) atoms. The summed E-state index contributed by atoms with van der Waals surface area (Å²) in [4.78, 5) is 1.26. The lowest BCUT2D eigenvalue weighted by molar-refractivity contribution is 0.303. The highest BCUT2D eigenvalue weighted by Gasteiger charge is 2.23. The van der Waals surface area contributed by atoms with E-state index < -0.39 is 0 Å². The van der Waals surface area contributed by atoms with Gasteiger partial charge in [-0.1, -0.05) is 30.3 Å². The summed E-state index contributed by atoms with van der Waals surface area (Å²) in [7, 11) is 0. The van der Waals surface area contributed by atoms with E-state index in [0.29, 0.717) is 6.10 Å². The Morgan fingerprint density at radius 3 is 2.43 bits per heavy atom. The van der Waals surface area contributed by atoms with Crippen LogP contribution in [0.3, 0.4) is 0 Å². The average Bonchev–Trinajstić information content (AvgIpc) is 3.34. The van der Waals surface area contributed by atoms with Gasteiger partial charge in [0, 0.05) is 10.6 Å². The Bertz CT molecular complexity index is 555. The van der Waals surface area contributed by atoms with Gasteiger partial charge in [0.15, 0.2) is 0 Å². The van der Waals surface area contributed by atoms with Crippen LogP contribution in [-0.4, -0.2) is 11.9 Å². The number of hydrogen-bond donors (Lipinski definition) is 2. The molecular weight excluding hydrogens is 280 g/mol. The molecule has 0 aromatic heterocycles. The smallest absolute Gasteiger partial charge is 0.119 e. The van der Waals surface area contributed by atoms with Crippen LogP contribution in [0, 0.1) is 0 Å². The Labute approximate surface area is 129 Å². The largest absolute Gasteiger partial charge is 0.490 e. The fourth-order valence-corrected chi connectivity index (χ4v) is 3.09. The second-order valence-electron chi connectivity index (χ2n) is 5.23. The Hall–Kier alpha value is -1.49. The van der Waals surface area contributed by atoms with Crippen molar-refractivity contribution >= 4 is 11.8 Å². The van der Waals surface area contributed by atoms with Crippen LogP contribution in [0.4, 0.5) is 0 Å². The summed E-state index contributed by atoms with van der Waals surface area (Å²) in [5.74, 6) is 7.55. The molecule has 1 atom stereocenters. The molecule has 1 saturated carbocycles. The number of hydrogen-bond acceptors (Lipinski definition) is 4. The van der Waals surface area contributed by atoms with Gasteiger partial charge in [-0.15, -0.1) is 11.8 Å². The van der Waals surface area contributed by atoms with Gasteiger partial charge in [-0.3, -0.25) is 11.3 Å². The minimum atomic E-state index is 0.130. The van der Waals surface area contributed by atoms with Crippen molar-refractivity contribution in [2.24, 2.45) is 5.84 Å². The molecule has 0 radical (unpaired) electrons. The lowest BCUT2D eigenvalue weighted by atomic mass is 10.1. The van der Waals surface area contributed by atoms with E-state index in [9.17, 15) is 0 Å². The molecule has 110 valence electrons. The fraction of sp³-hybridized carbons (Fsp3) is 0.294. The van der Waals surface area contributed by atoms with Gasteiger partial charge >= 0.3 is 0 Å². The van der Waals surface area contributed by atoms with Crippen molar-refractivity contribution in [3.63, 3.8) is 0 Å². The fourth-order valence-electron chi connectivity index (χ4n) is 2.09. The van der Waals surface area contributed by atoms with Crippen LogP contribution < -0.4 is 16.0 Å². The molecule has 3 rings (SSSR count). The molecule has 1 aliphatic rings. The molecule has 1 fully saturated rings. The highest BCUT2D eigenvalue weighted by Crippen LogP contribution is 2.29. The summed E-state index contributed by atoms with van der Waals surface area (Å²) in [6.07, 6.45) is 2.80. The molecule has 0 amide bonds.